The number of nitrogens with one attached hydrogen (secondary N) is 1. The van der Waals surface area contributed by atoms with Gasteiger partial charge in [0.05, 0.1) is 12.2 Å². The number of halogens is 2. The summed E-state index contributed by atoms with van der Waals surface area (Å²) in [5.74, 6) is -2.23. The van der Waals surface area contributed by atoms with Crippen LogP contribution in [0.15, 0.2) is 17.0 Å². The molecule has 5 nitrogen and oxygen atoms in total. The Balaban J connectivity index is 2.29. The number of benzene rings is 1. The van der Waals surface area contributed by atoms with Crippen molar-refractivity contribution in [3.05, 3.63) is 29.3 Å². The van der Waals surface area contributed by atoms with Crippen LogP contribution in [0.3, 0.4) is 0 Å². The molecule has 112 valence electrons. The Labute approximate surface area is 115 Å². The Kier molecular flexibility index (Phi) is 4.69. The number of aliphatic hydroxyl groups is 1. The lowest BCUT2D eigenvalue weighted by atomic mass is 10.1. The number of aliphatic hydroxyl groups excluding tert-OH is 1. The van der Waals surface area contributed by atoms with Crippen molar-refractivity contribution in [2.75, 3.05) is 13.2 Å². The van der Waals surface area contributed by atoms with E-state index in [1.165, 1.54) is 0 Å². The molecule has 20 heavy (non-hydrogen) atoms. The van der Waals surface area contributed by atoms with E-state index >= 15 is 0 Å². The third-order valence-corrected chi connectivity index (χ3v) is 4.68. The van der Waals surface area contributed by atoms with Crippen molar-refractivity contribution in [2.24, 2.45) is 0 Å². The molecule has 1 aliphatic rings. The molecule has 0 radical (unpaired) electrons. The van der Waals surface area contributed by atoms with Crippen LogP contribution in [0.2, 0.25) is 0 Å². The summed E-state index contributed by atoms with van der Waals surface area (Å²) in [5.41, 5.74) is -0.653. The predicted molar refractivity (Wildman–Crippen MR) is 66.4 cm³/mol. The lowest BCUT2D eigenvalue weighted by Crippen LogP contribution is -2.39. The van der Waals surface area contributed by atoms with Crippen LogP contribution < -0.4 is 4.72 Å². The summed E-state index contributed by atoms with van der Waals surface area (Å²) in [7, 11) is -4.10. The van der Waals surface area contributed by atoms with Crippen LogP contribution in [0.5, 0.6) is 0 Å². The van der Waals surface area contributed by atoms with Crippen LogP contribution >= 0.6 is 0 Å². The standard InChI is InChI=1S/C12H15F2NO4S/c13-10-1-2-11(12(14)9(10)7-16)20(17,18)15-8-3-5-19-6-4-8/h1-2,8,15-16H,3-7H2. The van der Waals surface area contributed by atoms with Gasteiger partial charge in [0.1, 0.15) is 10.7 Å². The largest absolute Gasteiger partial charge is 0.391 e. The van der Waals surface area contributed by atoms with Crippen molar-refractivity contribution in [1.29, 1.82) is 0 Å². The van der Waals surface area contributed by atoms with Crippen molar-refractivity contribution < 1.29 is 27.0 Å². The third-order valence-electron chi connectivity index (χ3n) is 3.14. The van der Waals surface area contributed by atoms with E-state index in [1.54, 1.807) is 0 Å². The molecule has 0 aliphatic carbocycles. The maximum Gasteiger partial charge on any atom is 0.243 e. The molecule has 8 heteroatoms. The molecule has 1 fully saturated rings. The summed E-state index contributed by atoms with van der Waals surface area (Å²) in [5, 5.41) is 8.90. The minimum Gasteiger partial charge on any atom is -0.391 e. The molecular weight excluding hydrogens is 292 g/mol. The molecule has 0 bridgehead atoms. The molecule has 2 N–H and O–H groups in total. The molecule has 1 heterocycles. The van der Waals surface area contributed by atoms with E-state index in [4.69, 9.17) is 9.84 Å². The lowest BCUT2D eigenvalue weighted by molar-refractivity contribution is 0.0832. The molecule has 1 aromatic carbocycles. The van der Waals surface area contributed by atoms with E-state index in [-0.39, 0.29) is 6.04 Å². The number of hydrogen-bond donors (Lipinski definition) is 2. The smallest absolute Gasteiger partial charge is 0.243 e. The molecule has 2 rings (SSSR count). The zero-order chi connectivity index (χ0) is 14.8. The molecular formula is C12H15F2NO4S. The van der Waals surface area contributed by atoms with Crippen molar-refractivity contribution in [2.45, 2.75) is 30.4 Å². The van der Waals surface area contributed by atoms with Gasteiger partial charge in [0.25, 0.3) is 0 Å². The molecule has 0 spiro atoms. The molecule has 1 aliphatic heterocycles. The zero-order valence-electron chi connectivity index (χ0n) is 10.6. The summed E-state index contributed by atoms with van der Waals surface area (Å²) in [6.07, 6.45) is 0.990. The minimum absolute atomic E-state index is 0.337. The van der Waals surface area contributed by atoms with Crippen LogP contribution in [0.4, 0.5) is 8.78 Å². The normalized spacial score (nSPS) is 17.4. The SMILES string of the molecule is O=S(=O)(NC1CCOCC1)c1ccc(F)c(CO)c1F. The fourth-order valence-electron chi connectivity index (χ4n) is 2.03. The Hall–Kier alpha value is -1.09. The van der Waals surface area contributed by atoms with E-state index in [1.807, 2.05) is 0 Å². The first-order chi connectivity index (χ1) is 9.45. The van der Waals surface area contributed by atoms with Gasteiger partial charge in [-0.25, -0.2) is 21.9 Å². The maximum absolute atomic E-state index is 13.9. The number of hydrogen-bond acceptors (Lipinski definition) is 4. The van der Waals surface area contributed by atoms with E-state index in [0.29, 0.717) is 26.1 Å². The molecule has 1 saturated heterocycles. The highest BCUT2D eigenvalue weighted by molar-refractivity contribution is 7.89. The van der Waals surface area contributed by atoms with Gasteiger partial charge in [-0.05, 0) is 25.0 Å². The monoisotopic (exact) mass is 307 g/mol. The van der Waals surface area contributed by atoms with Crippen LogP contribution in [-0.4, -0.2) is 32.8 Å². The molecule has 1 aromatic rings. The maximum atomic E-state index is 13.9. The van der Waals surface area contributed by atoms with E-state index < -0.39 is 38.7 Å². The molecule has 0 unspecified atom stereocenters. The van der Waals surface area contributed by atoms with E-state index in [0.717, 1.165) is 12.1 Å². The van der Waals surface area contributed by atoms with E-state index in [2.05, 4.69) is 4.72 Å². The van der Waals surface area contributed by atoms with Gasteiger partial charge in [-0.15, -0.1) is 0 Å². The van der Waals surface area contributed by atoms with Crippen LogP contribution in [0, 0.1) is 11.6 Å². The summed E-state index contributed by atoms with van der Waals surface area (Å²) >= 11 is 0. The van der Waals surface area contributed by atoms with Gasteiger partial charge < -0.3 is 9.84 Å². The van der Waals surface area contributed by atoms with Crippen LogP contribution in [0.25, 0.3) is 0 Å². The Morgan fingerprint density at radius 1 is 1.30 bits per heavy atom. The van der Waals surface area contributed by atoms with Gasteiger partial charge in [-0.1, -0.05) is 0 Å². The van der Waals surface area contributed by atoms with Gasteiger partial charge in [-0.2, -0.15) is 0 Å². The highest BCUT2D eigenvalue weighted by atomic mass is 32.2. The van der Waals surface area contributed by atoms with Gasteiger partial charge in [0, 0.05) is 19.3 Å². The first kappa shape index (κ1) is 15.3. The average molecular weight is 307 g/mol. The Morgan fingerprint density at radius 2 is 1.95 bits per heavy atom. The fourth-order valence-corrected chi connectivity index (χ4v) is 3.43. The molecule has 0 saturated carbocycles. The third kappa shape index (κ3) is 3.14. The second kappa shape index (κ2) is 6.13. The topological polar surface area (TPSA) is 75.6 Å². The van der Waals surface area contributed by atoms with Crippen molar-refractivity contribution >= 4 is 10.0 Å². The highest BCUT2D eigenvalue weighted by Gasteiger charge is 2.26. The quantitative estimate of drug-likeness (QED) is 0.867. The lowest BCUT2D eigenvalue weighted by Gasteiger charge is -2.23. The molecule has 0 amide bonds. The Bertz CT molecular complexity index is 585. The van der Waals surface area contributed by atoms with Crippen molar-refractivity contribution in [1.82, 2.24) is 4.72 Å². The van der Waals surface area contributed by atoms with Gasteiger partial charge in [0.15, 0.2) is 5.82 Å². The van der Waals surface area contributed by atoms with Crippen molar-refractivity contribution in [3.63, 3.8) is 0 Å². The first-order valence-corrected chi connectivity index (χ1v) is 7.62. The number of ether oxygens (including phenoxy) is 1. The van der Waals surface area contributed by atoms with Gasteiger partial charge in [0.2, 0.25) is 10.0 Å². The first-order valence-electron chi connectivity index (χ1n) is 6.13. The summed E-state index contributed by atoms with van der Waals surface area (Å²) in [4.78, 5) is -0.658. The second-order valence-electron chi connectivity index (χ2n) is 4.50. The van der Waals surface area contributed by atoms with E-state index in [9.17, 15) is 17.2 Å². The van der Waals surface area contributed by atoms with Crippen LogP contribution in [0.1, 0.15) is 18.4 Å². The zero-order valence-corrected chi connectivity index (χ0v) is 11.4. The minimum atomic E-state index is -4.10. The predicted octanol–water partition coefficient (Wildman–Crippen LogP) is 0.914. The summed E-state index contributed by atoms with van der Waals surface area (Å²) in [6.45, 7) is -0.0414. The summed E-state index contributed by atoms with van der Waals surface area (Å²) < 4.78 is 58.9. The number of rotatable bonds is 4. The fraction of sp³-hybridized carbons (Fsp3) is 0.500. The van der Waals surface area contributed by atoms with Gasteiger partial charge in [-0.3, -0.25) is 0 Å². The highest BCUT2D eigenvalue weighted by Crippen LogP contribution is 2.22. The second-order valence-corrected chi connectivity index (χ2v) is 6.19. The summed E-state index contributed by atoms with van der Waals surface area (Å²) in [6, 6.07) is 1.34. The van der Waals surface area contributed by atoms with Crippen LogP contribution in [-0.2, 0) is 21.4 Å². The Morgan fingerprint density at radius 3 is 2.55 bits per heavy atom. The van der Waals surface area contributed by atoms with Gasteiger partial charge >= 0.3 is 0 Å². The molecule has 0 aromatic heterocycles. The van der Waals surface area contributed by atoms with Crippen molar-refractivity contribution in [3.8, 4) is 0 Å². The molecule has 0 atom stereocenters. The number of sulfonamides is 1. The average Bonchev–Trinajstić information content (AvgIpc) is 2.39.